The van der Waals surface area contributed by atoms with Crippen LogP contribution in [0, 0.1) is 6.92 Å². The van der Waals surface area contributed by atoms with Gasteiger partial charge in [0.1, 0.15) is 0 Å². The number of hydrogen-bond donors (Lipinski definition) is 0. The number of nitrogens with zero attached hydrogens (tertiary/aromatic N) is 2. The third kappa shape index (κ3) is 1.74. The smallest absolute Gasteiger partial charge is 0.232 e. The van der Waals surface area contributed by atoms with Crippen LogP contribution in [0.4, 0.5) is 0 Å². The molecule has 0 unspecified atom stereocenters. The molecule has 0 radical (unpaired) electrons. The molecule has 0 fully saturated rings. The summed E-state index contributed by atoms with van der Waals surface area (Å²) in [6.45, 7) is 1.80. The molecule has 0 amide bonds. The van der Waals surface area contributed by atoms with Crippen LogP contribution in [-0.4, -0.2) is 15.6 Å². The second-order valence-electron chi connectivity index (χ2n) is 3.23. The van der Waals surface area contributed by atoms with Gasteiger partial charge in [-0.05, 0) is 28.9 Å². The van der Waals surface area contributed by atoms with Gasteiger partial charge in [0.15, 0.2) is 5.76 Å². The molecule has 0 aliphatic rings. The van der Waals surface area contributed by atoms with Gasteiger partial charge in [0.25, 0.3) is 0 Å². The van der Waals surface area contributed by atoms with Crippen molar-refractivity contribution >= 4 is 21.7 Å². The van der Waals surface area contributed by atoms with Gasteiger partial charge in [-0.1, -0.05) is 0 Å². The maximum atomic E-state index is 12.0. The lowest BCUT2D eigenvalue weighted by atomic mass is 10.1. The number of carbonyl (C=O) groups is 1. The van der Waals surface area contributed by atoms with E-state index >= 15 is 0 Å². The van der Waals surface area contributed by atoms with E-state index in [1.54, 1.807) is 30.9 Å². The maximum absolute atomic E-state index is 12.0. The molecule has 0 spiro atoms. The molecule has 0 N–H and O–H groups in total. The van der Waals surface area contributed by atoms with Crippen molar-refractivity contribution in [1.82, 2.24) is 9.78 Å². The van der Waals surface area contributed by atoms with Crippen molar-refractivity contribution in [2.45, 2.75) is 6.92 Å². The van der Waals surface area contributed by atoms with Crippen molar-refractivity contribution in [3.63, 3.8) is 0 Å². The van der Waals surface area contributed by atoms with E-state index < -0.39 is 0 Å². The fraction of sp³-hybridized carbons (Fsp3) is 0.200. The van der Waals surface area contributed by atoms with E-state index in [0.717, 1.165) is 0 Å². The summed E-state index contributed by atoms with van der Waals surface area (Å²) in [5.74, 6) is 0.156. The summed E-state index contributed by atoms with van der Waals surface area (Å²) in [5, 5.41) is 4.11. The van der Waals surface area contributed by atoms with Gasteiger partial charge in [0.05, 0.1) is 22.0 Å². The van der Waals surface area contributed by atoms with Gasteiger partial charge in [-0.3, -0.25) is 9.48 Å². The molecule has 2 aromatic heterocycles. The molecule has 2 aromatic rings. The second kappa shape index (κ2) is 3.66. The summed E-state index contributed by atoms with van der Waals surface area (Å²) in [7, 11) is 1.78. The standard InChI is InChI=1S/C10H9BrN2O2/c1-6-7(5-13(2)12-6)9(14)10-8(11)3-4-15-10/h3-5H,1-2H3. The Morgan fingerprint density at radius 3 is 2.80 bits per heavy atom. The van der Waals surface area contributed by atoms with Crippen LogP contribution >= 0.6 is 15.9 Å². The van der Waals surface area contributed by atoms with Gasteiger partial charge in [0.2, 0.25) is 5.78 Å². The molecular formula is C10H9BrN2O2. The molecule has 2 rings (SSSR count). The Hall–Kier alpha value is -1.36. The summed E-state index contributed by atoms with van der Waals surface area (Å²) in [4.78, 5) is 12.0. The number of halogens is 1. The number of rotatable bonds is 2. The highest BCUT2D eigenvalue weighted by atomic mass is 79.9. The lowest BCUT2D eigenvalue weighted by Crippen LogP contribution is -2.00. The SMILES string of the molecule is Cc1nn(C)cc1C(=O)c1occc1Br. The number of furan rings is 1. The Morgan fingerprint density at radius 2 is 2.33 bits per heavy atom. The highest BCUT2D eigenvalue weighted by Crippen LogP contribution is 2.21. The van der Waals surface area contributed by atoms with Crippen molar-refractivity contribution in [2.75, 3.05) is 0 Å². The summed E-state index contributed by atoms with van der Waals surface area (Å²) in [6, 6.07) is 1.69. The zero-order chi connectivity index (χ0) is 11.0. The lowest BCUT2D eigenvalue weighted by Gasteiger charge is -1.94. The Labute approximate surface area is 95.0 Å². The van der Waals surface area contributed by atoms with Crippen LogP contribution in [0.2, 0.25) is 0 Å². The number of aryl methyl sites for hydroxylation is 2. The molecule has 0 aromatic carbocycles. The maximum Gasteiger partial charge on any atom is 0.232 e. The highest BCUT2D eigenvalue weighted by molar-refractivity contribution is 9.10. The predicted octanol–water partition coefficient (Wildman–Crippen LogP) is 2.32. The van der Waals surface area contributed by atoms with Gasteiger partial charge < -0.3 is 4.42 Å². The Bertz CT molecular complexity index is 513. The molecule has 0 saturated carbocycles. The van der Waals surface area contributed by atoms with Gasteiger partial charge >= 0.3 is 0 Å². The molecule has 15 heavy (non-hydrogen) atoms. The highest BCUT2D eigenvalue weighted by Gasteiger charge is 2.19. The van der Waals surface area contributed by atoms with E-state index in [-0.39, 0.29) is 5.78 Å². The van der Waals surface area contributed by atoms with Crippen LogP contribution in [0.15, 0.2) is 27.4 Å². The molecule has 5 heteroatoms. The second-order valence-corrected chi connectivity index (χ2v) is 4.08. The van der Waals surface area contributed by atoms with Gasteiger partial charge in [-0.25, -0.2) is 0 Å². The molecule has 0 aliphatic heterocycles. The first-order valence-electron chi connectivity index (χ1n) is 4.37. The van der Waals surface area contributed by atoms with Crippen LogP contribution in [0.5, 0.6) is 0 Å². The quantitative estimate of drug-likeness (QED) is 0.786. The van der Waals surface area contributed by atoms with Crippen LogP contribution in [0.1, 0.15) is 21.8 Å². The van der Waals surface area contributed by atoms with E-state index in [1.807, 2.05) is 0 Å². The number of carbonyl (C=O) groups excluding carboxylic acids is 1. The van der Waals surface area contributed by atoms with E-state index in [0.29, 0.717) is 21.5 Å². The minimum Gasteiger partial charge on any atom is -0.460 e. The molecule has 4 nitrogen and oxygen atoms in total. The van der Waals surface area contributed by atoms with Crippen LogP contribution in [0.25, 0.3) is 0 Å². The summed E-state index contributed by atoms with van der Waals surface area (Å²) in [5.41, 5.74) is 1.26. The molecule has 78 valence electrons. The Balaban J connectivity index is 2.45. The van der Waals surface area contributed by atoms with Crippen molar-refractivity contribution in [2.24, 2.45) is 7.05 Å². The number of hydrogen-bond acceptors (Lipinski definition) is 3. The minimum absolute atomic E-state index is 0.155. The summed E-state index contributed by atoms with van der Waals surface area (Å²) < 4.78 is 7.38. The van der Waals surface area contributed by atoms with Crippen LogP contribution < -0.4 is 0 Å². The van der Waals surface area contributed by atoms with E-state index in [2.05, 4.69) is 21.0 Å². The zero-order valence-electron chi connectivity index (χ0n) is 8.32. The van der Waals surface area contributed by atoms with Gasteiger partial charge in [-0.2, -0.15) is 5.10 Å². The fourth-order valence-electron chi connectivity index (χ4n) is 1.40. The van der Waals surface area contributed by atoms with Crippen molar-refractivity contribution in [1.29, 1.82) is 0 Å². The van der Waals surface area contributed by atoms with Crippen molar-refractivity contribution < 1.29 is 9.21 Å². The average molecular weight is 269 g/mol. The molecule has 2 heterocycles. The van der Waals surface area contributed by atoms with Crippen molar-refractivity contribution in [3.8, 4) is 0 Å². The monoisotopic (exact) mass is 268 g/mol. The third-order valence-corrected chi connectivity index (χ3v) is 2.71. The van der Waals surface area contributed by atoms with Crippen LogP contribution in [-0.2, 0) is 7.05 Å². The summed E-state index contributed by atoms with van der Waals surface area (Å²) in [6.07, 6.45) is 3.16. The van der Waals surface area contributed by atoms with Gasteiger partial charge in [0, 0.05) is 13.2 Å². The Morgan fingerprint density at radius 1 is 1.60 bits per heavy atom. The molecule has 0 aliphatic carbocycles. The first kappa shape index (κ1) is 10.2. The zero-order valence-corrected chi connectivity index (χ0v) is 9.91. The first-order valence-corrected chi connectivity index (χ1v) is 5.17. The lowest BCUT2D eigenvalue weighted by molar-refractivity contribution is 0.101. The number of ketones is 1. The largest absolute Gasteiger partial charge is 0.460 e. The normalized spacial score (nSPS) is 10.6. The van der Waals surface area contributed by atoms with Gasteiger partial charge in [-0.15, -0.1) is 0 Å². The first-order chi connectivity index (χ1) is 7.09. The molecular weight excluding hydrogens is 260 g/mol. The van der Waals surface area contributed by atoms with E-state index in [4.69, 9.17) is 4.42 Å². The third-order valence-electron chi connectivity index (χ3n) is 2.08. The fourth-order valence-corrected chi connectivity index (χ4v) is 1.78. The molecule has 0 saturated heterocycles. The van der Waals surface area contributed by atoms with E-state index in [1.165, 1.54) is 6.26 Å². The molecule has 0 bridgehead atoms. The van der Waals surface area contributed by atoms with E-state index in [9.17, 15) is 4.79 Å². The average Bonchev–Trinajstić information content (AvgIpc) is 2.71. The summed E-state index contributed by atoms with van der Waals surface area (Å²) >= 11 is 3.25. The number of aromatic nitrogens is 2. The topological polar surface area (TPSA) is 48.0 Å². The predicted molar refractivity (Wildman–Crippen MR) is 57.8 cm³/mol. The molecule has 0 atom stereocenters. The Kier molecular flexibility index (Phi) is 2.48. The van der Waals surface area contributed by atoms with Crippen molar-refractivity contribution in [3.05, 3.63) is 40.0 Å². The van der Waals surface area contributed by atoms with Crippen LogP contribution in [0.3, 0.4) is 0 Å². The minimum atomic E-state index is -0.155.